The lowest BCUT2D eigenvalue weighted by Crippen LogP contribution is -2.30. The van der Waals surface area contributed by atoms with Crippen molar-refractivity contribution in [1.29, 1.82) is 0 Å². The van der Waals surface area contributed by atoms with E-state index < -0.39 is 28.0 Å². The Morgan fingerprint density at radius 3 is 2.35 bits per heavy atom. The molecule has 1 heterocycles. The lowest BCUT2D eigenvalue weighted by Gasteiger charge is -2.15. The minimum atomic E-state index is -3.83. The molecule has 3 aromatic rings. The molecule has 3 rings (SSSR count). The Hall–Kier alpha value is -3.15. The summed E-state index contributed by atoms with van der Waals surface area (Å²) in [5, 5.41) is 8.21. The van der Waals surface area contributed by atoms with Gasteiger partial charge in [-0.3, -0.25) is 9.36 Å². The van der Waals surface area contributed by atoms with Crippen LogP contribution in [0.1, 0.15) is 17.4 Å². The average Bonchev–Trinajstić information content (AvgIpc) is 3.18. The Kier molecular flexibility index (Phi) is 6.78. The van der Waals surface area contributed by atoms with E-state index in [1.165, 1.54) is 49.1 Å². The number of para-hydroxylation sites is 1. The Morgan fingerprint density at radius 1 is 1.13 bits per heavy atom. The summed E-state index contributed by atoms with van der Waals surface area (Å²) in [6, 6.07) is 14.5. The Balaban J connectivity index is 1.72. The van der Waals surface area contributed by atoms with E-state index in [1.54, 1.807) is 4.57 Å². The number of hydrogen-bond donors (Lipinski definition) is 2. The largest absolute Gasteiger partial charge is 0.448 e. The van der Waals surface area contributed by atoms with E-state index in [9.17, 15) is 18.0 Å². The van der Waals surface area contributed by atoms with Crippen LogP contribution in [0.25, 0.3) is 5.69 Å². The van der Waals surface area contributed by atoms with Crippen LogP contribution in [0.4, 0.5) is 5.69 Å². The van der Waals surface area contributed by atoms with Crippen LogP contribution < -0.4 is 10.5 Å². The maximum Gasteiger partial charge on any atom is 0.357 e. The van der Waals surface area contributed by atoms with Gasteiger partial charge in [-0.25, -0.2) is 23.3 Å². The number of esters is 1. The van der Waals surface area contributed by atoms with Gasteiger partial charge in [-0.2, -0.15) is 0 Å². The predicted molar refractivity (Wildman–Crippen MR) is 117 cm³/mol. The van der Waals surface area contributed by atoms with Crippen molar-refractivity contribution in [3.8, 4) is 5.69 Å². The Morgan fingerprint density at radius 2 is 1.77 bits per heavy atom. The fraction of sp³-hybridized carbons (Fsp3) is 0.150. The molecule has 0 spiro atoms. The standard InChI is InChI=1S/C20H20N4O5S2/c1-13(18(25)23-14-8-10-16(11-9-14)31(21,27)28)29-19(26)17-12-22-20(30-2)24(17)15-6-4-3-5-7-15/h3-13H,1-2H3,(H,23,25)(H2,21,27,28). The molecule has 31 heavy (non-hydrogen) atoms. The molecule has 1 amide bonds. The second-order valence-electron chi connectivity index (χ2n) is 6.41. The first kappa shape index (κ1) is 22.5. The van der Waals surface area contributed by atoms with E-state index in [4.69, 9.17) is 9.88 Å². The highest BCUT2D eigenvalue weighted by molar-refractivity contribution is 7.98. The quantitative estimate of drug-likeness (QED) is 0.408. The van der Waals surface area contributed by atoms with Crippen LogP contribution in [0.15, 0.2) is 70.8 Å². The van der Waals surface area contributed by atoms with Crippen molar-refractivity contribution in [3.05, 3.63) is 66.5 Å². The van der Waals surface area contributed by atoms with Crippen LogP contribution in [0.2, 0.25) is 0 Å². The molecule has 1 atom stereocenters. The highest BCUT2D eigenvalue weighted by atomic mass is 32.2. The first-order valence-electron chi connectivity index (χ1n) is 9.02. The van der Waals surface area contributed by atoms with Gasteiger partial charge in [0, 0.05) is 11.4 Å². The molecule has 0 radical (unpaired) electrons. The van der Waals surface area contributed by atoms with E-state index in [1.807, 2.05) is 36.6 Å². The van der Waals surface area contributed by atoms with Crippen LogP contribution in [0, 0.1) is 0 Å². The number of ether oxygens (including phenoxy) is 1. The van der Waals surface area contributed by atoms with Crippen molar-refractivity contribution < 1.29 is 22.7 Å². The second-order valence-corrected chi connectivity index (χ2v) is 8.74. The third-order valence-electron chi connectivity index (χ3n) is 4.24. The molecule has 0 aliphatic rings. The summed E-state index contributed by atoms with van der Waals surface area (Å²) in [7, 11) is -3.83. The van der Waals surface area contributed by atoms with Gasteiger partial charge in [0.2, 0.25) is 10.0 Å². The number of nitrogens with two attached hydrogens (primary N) is 1. The van der Waals surface area contributed by atoms with Crippen LogP contribution in [0.5, 0.6) is 0 Å². The minimum Gasteiger partial charge on any atom is -0.448 e. The average molecular weight is 461 g/mol. The van der Waals surface area contributed by atoms with Gasteiger partial charge in [0.05, 0.1) is 11.1 Å². The van der Waals surface area contributed by atoms with Crippen molar-refractivity contribution in [2.75, 3.05) is 11.6 Å². The molecule has 0 aliphatic heterocycles. The number of thioether (sulfide) groups is 1. The summed E-state index contributed by atoms with van der Waals surface area (Å²) >= 11 is 1.37. The van der Waals surface area contributed by atoms with Crippen molar-refractivity contribution in [1.82, 2.24) is 9.55 Å². The Bertz CT molecular complexity index is 1190. The molecule has 9 nitrogen and oxygen atoms in total. The normalized spacial score (nSPS) is 12.2. The zero-order valence-electron chi connectivity index (χ0n) is 16.7. The lowest BCUT2D eigenvalue weighted by molar-refractivity contribution is -0.123. The van der Waals surface area contributed by atoms with Crippen molar-refractivity contribution in [3.63, 3.8) is 0 Å². The number of aromatic nitrogens is 2. The predicted octanol–water partition coefficient (Wildman–Crippen LogP) is 2.43. The van der Waals surface area contributed by atoms with E-state index in [-0.39, 0.29) is 10.6 Å². The number of nitrogens with zero attached hydrogens (tertiary/aromatic N) is 2. The fourth-order valence-electron chi connectivity index (χ4n) is 2.70. The third kappa shape index (κ3) is 5.32. The number of rotatable bonds is 7. The SMILES string of the molecule is CSc1ncc(C(=O)OC(C)C(=O)Nc2ccc(S(N)(=O)=O)cc2)n1-c1ccccc1. The van der Waals surface area contributed by atoms with Crippen LogP contribution in [-0.2, 0) is 19.6 Å². The zero-order chi connectivity index (χ0) is 22.6. The summed E-state index contributed by atoms with van der Waals surface area (Å²) < 4.78 is 29.6. The molecule has 11 heteroatoms. The van der Waals surface area contributed by atoms with Gasteiger partial charge >= 0.3 is 5.97 Å². The van der Waals surface area contributed by atoms with E-state index in [0.29, 0.717) is 10.8 Å². The molecule has 0 saturated carbocycles. The molecule has 2 aromatic carbocycles. The molecule has 0 bridgehead atoms. The van der Waals surface area contributed by atoms with Gasteiger partial charge in [-0.05, 0) is 49.6 Å². The van der Waals surface area contributed by atoms with Crippen molar-refractivity contribution in [2.45, 2.75) is 23.1 Å². The Labute approximate surface area is 183 Å². The fourth-order valence-corrected chi connectivity index (χ4v) is 3.76. The van der Waals surface area contributed by atoms with E-state index in [0.717, 1.165) is 5.69 Å². The monoisotopic (exact) mass is 460 g/mol. The second kappa shape index (κ2) is 9.33. The van der Waals surface area contributed by atoms with E-state index >= 15 is 0 Å². The summed E-state index contributed by atoms with van der Waals surface area (Å²) in [5.74, 6) is -1.28. The first-order valence-corrected chi connectivity index (χ1v) is 11.8. The highest BCUT2D eigenvalue weighted by Crippen LogP contribution is 2.22. The summed E-state index contributed by atoms with van der Waals surface area (Å²) in [4.78, 5) is 29.3. The molecule has 162 valence electrons. The topological polar surface area (TPSA) is 133 Å². The number of carbonyl (C=O) groups excluding carboxylic acids is 2. The van der Waals surface area contributed by atoms with Gasteiger partial charge in [-0.1, -0.05) is 30.0 Å². The molecule has 1 aromatic heterocycles. The number of anilines is 1. The summed E-state index contributed by atoms with van der Waals surface area (Å²) in [5.41, 5.74) is 1.26. The maximum absolute atomic E-state index is 12.7. The number of hydrogen-bond acceptors (Lipinski definition) is 7. The van der Waals surface area contributed by atoms with Crippen molar-refractivity contribution >= 4 is 39.3 Å². The van der Waals surface area contributed by atoms with Crippen LogP contribution in [-0.4, -0.2) is 42.2 Å². The molecule has 0 aliphatic carbocycles. The number of sulfonamides is 1. The number of amides is 1. The molecular weight excluding hydrogens is 440 g/mol. The summed E-state index contributed by atoms with van der Waals surface area (Å²) in [6.07, 6.45) is 2.13. The van der Waals surface area contributed by atoms with Crippen molar-refractivity contribution in [2.24, 2.45) is 5.14 Å². The third-order valence-corrected chi connectivity index (χ3v) is 5.82. The van der Waals surface area contributed by atoms with Crippen LogP contribution >= 0.6 is 11.8 Å². The minimum absolute atomic E-state index is 0.0799. The molecule has 0 fully saturated rings. The van der Waals surface area contributed by atoms with Gasteiger partial charge in [0.15, 0.2) is 17.0 Å². The molecule has 3 N–H and O–H groups in total. The van der Waals surface area contributed by atoms with Gasteiger partial charge in [0.1, 0.15) is 0 Å². The summed E-state index contributed by atoms with van der Waals surface area (Å²) in [6.45, 7) is 1.44. The number of imidazole rings is 1. The number of primary sulfonamides is 1. The lowest BCUT2D eigenvalue weighted by atomic mass is 10.3. The van der Waals surface area contributed by atoms with Gasteiger partial charge in [0.25, 0.3) is 5.91 Å². The molecular formula is C20H20N4O5S2. The van der Waals surface area contributed by atoms with Gasteiger partial charge < -0.3 is 10.1 Å². The number of nitrogens with one attached hydrogen (secondary N) is 1. The molecule has 1 unspecified atom stereocenters. The number of carbonyl (C=O) groups is 2. The zero-order valence-corrected chi connectivity index (χ0v) is 18.3. The van der Waals surface area contributed by atoms with Gasteiger partial charge in [-0.15, -0.1) is 0 Å². The van der Waals surface area contributed by atoms with Crippen LogP contribution in [0.3, 0.4) is 0 Å². The molecule has 0 saturated heterocycles. The van der Waals surface area contributed by atoms with E-state index in [2.05, 4.69) is 10.3 Å². The first-order chi connectivity index (χ1) is 14.7. The smallest absolute Gasteiger partial charge is 0.357 e. The number of benzene rings is 2. The maximum atomic E-state index is 12.7. The highest BCUT2D eigenvalue weighted by Gasteiger charge is 2.24.